The van der Waals surface area contributed by atoms with Gasteiger partial charge in [-0.25, -0.2) is 0 Å². The molecular formula is C39H54N2O8. The average Bonchev–Trinajstić information content (AvgIpc) is 3.07. The predicted molar refractivity (Wildman–Crippen MR) is 187 cm³/mol. The molecule has 8 rings (SSSR count). The highest BCUT2D eigenvalue weighted by molar-refractivity contribution is 5.61. The summed E-state index contributed by atoms with van der Waals surface area (Å²) in [6.45, 7) is 5.10. The molecule has 0 radical (unpaired) electrons. The minimum atomic E-state index is -0.435. The van der Waals surface area contributed by atoms with E-state index in [0.717, 1.165) is 48.7 Å². The van der Waals surface area contributed by atoms with Crippen LogP contribution in [0, 0.1) is 11.8 Å². The van der Waals surface area contributed by atoms with Crippen LogP contribution < -0.4 is 30.4 Å². The van der Waals surface area contributed by atoms with Crippen LogP contribution in [0.1, 0.15) is 69.2 Å². The van der Waals surface area contributed by atoms with Gasteiger partial charge in [0.05, 0.1) is 26.4 Å². The summed E-state index contributed by atoms with van der Waals surface area (Å²) in [6.07, 6.45) is 10.9. The van der Waals surface area contributed by atoms with Gasteiger partial charge in [0, 0.05) is 60.1 Å². The van der Waals surface area contributed by atoms with Gasteiger partial charge in [0.25, 0.3) is 0 Å². The quantitative estimate of drug-likeness (QED) is 0.324. The molecule has 10 heteroatoms. The predicted octanol–water partition coefficient (Wildman–Crippen LogP) is 4.43. The maximum Gasteiger partial charge on any atom is 0.201 e. The van der Waals surface area contributed by atoms with Crippen molar-refractivity contribution in [2.75, 3.05) is 27.4 Å². The van der Waals surface area contributed by atoms with Crippen molar-refractivity contribution in [3.05, 3.63) is 70.8 Å². The van der Waals surface area contributed by atoms with Crippen molar-refractivity contribution in [1.29, 1.82) is 0 Å². The molecule has 6 aliphatic rings. The number of nitrogens with two attached hydrogens (primary N) is 2. The summed E-state index contributed by atoms with van der Waals surface area (Å²) < 4.78 is 35.1. The van der Waals surface area contributed by atoms with E-state index in [1.165, 1.54) is 22.3 Å². The molecule has 10 atom stereocenters. The van der Waals surface area contributed by atoms with E-state index in [1.54, 1.807) is 14.2 Å². The largest absolute Gasteiger partial charge is 0.493 e. The highest BCUT2D eigenvalue weighted by atomic mass is 16.7. The maximum atomic E-state index is 10.2. The van der Waals surface area contributed by atoms with Crippen molar-refractivity contribution in [2.45, 2.75) is 108 Å². The molecule has 0 saturated carbocycles. The van der Waals surface area contributed by atoms with Gasteiger partial charge in [-0.1, -0.05) is 43.9 Å². The Morgan fingerprint density at radius 3 is 1.49 bits per heavy atom. The van der Waals surface area contributed by atoms with Gasteiger partial charge in [-0.05, 0) is 74.6 Å². The van der Waals surface area contributed by atoms with Gasteiger partial charge >= 0.3 is 0 Å². The second-order valence-corrected chi connectivity index (χ2v) is 14.0. The number of benzene rings is 2. The van der Waals surface area contributed by atoms with Crippen molar-refractivity contribution in [3.8, 4) is 23.0 Å². The third-order valence-electron chi connectivity index (χ3n) is 11.5. The van der Waals surface area contributed by atoms with Crippen LogP contribution in [-0.4, -0.2) is 74.5 Å². The van der Waals surface area contributed by atoms with Gasteiger partial charge < -0.3 is 50.1 Å². The van der Waals surface area contributed by atoms with E-state index in [0.29, 0.717) is 26.1 Å². The van der Waals surface area contributed by atoms with E-state index >= 15 is 0 Å². The van der Waals surface area contributed by atoms with E-state index in [1.807, 2.05) is 38.1 Å². The Kier molecular flexibility index (Phi) is 10.1. The maximum absolute atomic E-state index is 10.2. The lowest BCUT2D eigenvalue weighted by Crippen LogP contribution is -2.56. The Morgan fingerprint density at radius 1 is 0.714 bits per heavy atom. The molecule has 2 aromatic carbocycles. The second kappa shape index (κ2) is 13.9. The number of aliphatic hydroxyl groups is 2. The molecule has 10 nitrogen and oxygen atoms in total. The average molecular weight is 679 g/mol. The molecular weight excluding hydrogens is 624 g/mol. The minimum Gasteiger partial charge on any atom is -0.493 e. The first kappa shape index (κ1) is 35.7. The number of aliphatic hydroxyl groups excluding tert-OH is 2. The molecule has 268 valence electrons. The summed E-state index contributed by atoms with van der Waals surface area (Å²) in [7, 11) is 3.32. The van der Waals surface area contributed by atoms with Gasteiger partial charge in [-0.3, -0.25) is 0 Å². The fraction of sp³-hybridized carbons (Fsp3) is 0.590. The Balaban J connectivity index is 0.000000167. The van der Waals surface area contributed by atoms with Crippen molar-refractivity contribution in [1.82, 2.24) is 0 Å². The Labute approximate surface area is 290 Å². The van der Waals surface area contributed by atoms with Gasteiger partial charge in [0.2, 0.25) is 12.6 Å². The lowest BCUT2D eigenvalue weighted by Gasteiger charge is -2.53. The van der Waals surface area contributed by atoms with E-state index in [9.17, 15) is 10.2 Å². The molecule has 49 heavy (non-hydrogen) atoms. The van der Waals surface area contributed by atoms with Crippen LogP contribution in [0.25, 0.3) is 0 Å². The highest BCUT2D eigenvalue weighted by Crippen LogP contribution is 2.59. The molecule has 0 bridgehead atoms. The molecule has 2 heterocycles. The Bertz CT molecular complexity index is 1460. The van der Waals surface area contributed by atoms with Crippen molar-refractivity contribution in [3.63, 3.8) is 0 Å². The number of hydrogen-bond donors (Lipinski definition) is 4. The topological polar surface area (TPSA) is 148 Å². The fourth-order valence-corrected chi connectivity index (χ4v) is 9.58. The Hall–Kier alpha value is -3.12. The van der Waals surface area contributed by atoms with Crippen molar-refractivity contribution < 1.29 is 38.6 Å². The monoisotopic (exact) mass is 678 g/mol. The molecule has 0 saturated heterocycles. The molecule has 2 spiro atoms. The molecule has 0 fully saturated rings. The van der Waals surface area contributed by atoms with Crippen LogP contribution in [0.5, 0.6) is 23.0 Å². The van der Waals surface area contributed by atoms with Gasteiger partial charge in [-0.15, -0.1) is 0 Å². The molecule has 2 aliphatic heterocycles. The summed E-state index contributed by atoms with van der Waals surface area (Å²) in [4.78, 5) is 0. The van der Waals surface area contributed by atoms with Gasteiger partial charge in [0.15, 0.2) is 23.0 Å². The van der Waals surface area contributed by atoms with Crippen molar-refractivity contribution >= 4 is 0 Å². The highest BCUT2D eigenvalue weighted by Gasteiger charge is 2.55. The van der Waals surface area contributed by atoms with Crippen molar-refractivity contribution in [2.24, 2.45) is 23.3 Å². The molecule has 0 aromatic heterocycles. The van der Waals surface area contributed by atoms with E-state index in [2.05, 4.69) is 24.3 Å². The van der Waals surface area contributed by atoms with Crippen LogP contribution in [0.4, 0.5) is 0 Å². The smallest absolute Gasteiger partial charge is 0.201 e. The number of ether oxygens (including phenoxy) is 6. The minimum absolute atomic E-state index is 0. The second-order valence-electron chi connectivity index (χ2n) is 14.0. The first-order valence-corrected chi connectivity index (χ1v) is 17.4. The normalized spacial score (nSPS) is 35.8. The van der Waals surface area contributed by atoms with Gasteiger partial charge in [-0.2, -0.15) is 0 Å². The molecule has 2 unspecified atom stereocenters. The summed E-state index contributed by atoms with van der Waals surface area (Å²) >= 11 is 0. The summed E-state index contributed by atoms with van der Waals surface area (Å²) in [5, 5.41) is 20.3. The van der Waals surface area contributed by atoms with E-state index in [4.69, 9.17) is 39.9 Å². The van der Waals surface area contributed by atoms with Crippen LogP contribution in [0.3, 0.4) is 0 Å². The van der Waals surface area contributed by atoms with Crippen LogP contribution in [-0.2, 0) is 33.1 Å². The lowest BCUT2D eigenvalue weighted by molar-refractivity contribution is -0.110. The molecule has 4 aliphatic carbocycles. The zero-order valence-electron chi connectivity index (χ0n) is 28.4. The summed E-state index contributed by atoms with van der Waals surface area (Å²) in [5.74, 6) is 3.35. The van der Waals surface area contributed by atoms with Crippen LogP contribution in [0.2, 0.25) is 0 Å². The SMILES string of the molecule is C.CCO[C@@H]1C[C@]23C=CC(O)C[C@H]2[C@H](N)Cc2ccc(OC)c(c23)O1.CCO[C@H]1C[C@]23C=CC(O)C[C@H]2[C@H](N)Cc2ccc(OC)c(c23)O1. The Morgan fingerprint density at radius 2 is 1.12 bits per heavy atom. The van der Waals surface area contributed by atoms with Gasteiger partial charge in [0.1, 0.15) is 0 Å². The standard InChI is InChI=1S/2C19H25NO4.CH4/c2*1-3-23-16-10-19-7-6-12(21)9-13(19)14(20)8-11-4-5-15(22-2)18(24-16)17(11)19;/h2*4-7,12-14,16,21H,3,8-10,20H2,1-2H3;1H4/t12?,13-,14+,16+,19+;12?,13-,14+,16-,19+;/m00./s1. The first-order chi connectivity index (χ1) is 23.2. The van der Waals surface area contributed by atoms with E-state index < -0.39 is 12.2 Å². The molecule has 6 N–H and O–H groups in total. The lowest BCUT2D eigenvalue weighted by atomic mass is 9.55. The van der Waals surface area contributed by atoms with Crippen LogP contribution in [0.15, 0.2) is 48.6 Å². The zero-order chi connectivity index (χ0) is 33.8. The summed E-state index contributed by atoms with van der Waals surface area (Å²) in [6, 6.07) is 8.12. The van der Waals surface area contributed by atoms with E-state index in [-0.39, 0.29) is 54.8 Å². The zero-order valence-corrected chi connectivity index (χ0v) is 28.4. The number of allylic oxidation sites excluding steroid dienone is 2. The molecule has 2 aromatic rings. The molecule has 0 amide bonds. The third kappa shape index (κ3) is 5.84. The number of rotatable bonds is 6. The first-order valence-electron chi connectivity index (χ1n) is 17.4. The summed E-state index contributed by atoms with van der Waals surface area (Å²) in [5.41, 5.74) is 17.3. The number of methoxy groups -OCH3 is 2. The van der Waals surface area contributed by atoms with Crippen LogP contribution >= 0.6 is 0 Å². The number of hydrogen-bond acceptors (Lipinski definition) is 10. The third-order valence-corrected chi connectivity index (χ3v) is 11.5. The fourth-order valence-electron chi connectivity index (χ4n) is 9.58.